The van der Waals surface area contributed by atoms with Gasteiger partial charge in [0.25, 0.3) is 11.5 Å². The van der Waals surface area contributed by atoms with Crippen molar-refractivity contribution < 1.29 is 9.90 Å². The molecule has 1 aliphatic carbocycles. The highest BCUT2D eigenvalue weighted by Crippen LogP contribution is 2.34. The van der Waals surface area contributed by atoms with Crippen LogP contribution in [-0.4, -0.2) is 32.5 Å². The minimum Gasteiger partial charge on any atom is -0.508 e. The molecule has 1 aliphatic rings. The van der Waals surface area contributed by atoms with Gasteiger partial charge in [-0.15, -0.1) is 11.3 Å². The maximum Gasteiger partial charge on any atom is 0.267 e. The second-order valence-electron chi connectivity index (χ2n) is 8.29. The standard InChI is InChI=1S/C26H24N4O3S2/c31-19-13-11-17(12-14-19)15-27-29-22(32)16-34-26-28-24-23(20-9-5-2-6-10-21(20)35-24)25(33)30(26)18-7-3-1-4-8-18/h1,3-4,7-8,11-15,31H,2,5-6,9-10,16H2,(H,29,32)/b27-15+. The number of hydrogen-bond acceptors (Lipinski definition) is 7. The number of fused-ring (bicyclic) bond motifs is 3. The molecule has 178 valence electrons. The number of thiophene rings is 1. The summed E-state index contributed by atoms with van der Waals surface area (Å²) >= 11 is 2.83. The molecule has 0 aliphatic heterocycles. The molecule has 0 fully saturated rings. The number of nitrogens with one attached hydrogen (secondary N) is 1. The molecule has 0 saturated carbocycles. The number of aryl methyl sites for hydroxylation is 2. The van der Waals surface area contributed by atoms with Crippen molar-refractivity contribution >= 4 is 45.4 Å². The Kier molecular flexibility index (Phi) is 6.96. The number of aromatic hydroxyl groups is 1. The molecule has 7 nitrogen and oxygen atoms in total. The van der Waals surface area contributed by atoms with Crippen LogP contribution in [0.25, 0.3) is 15.9 Å². The highest BCUT2D eigenvalue weighted by molar-refractivity contribution is 7.99. The third-order valence-electron chi connectivity index (χ3n) is 5.85. The summed E-state index contributed by atoms with van der Waals surface area (Å²) in [4.78, 5) is 33.1. The summed E-state index contributed by atoms with van der Waals surface area (Å²) in [6.07, 6.45) is 6.82. The minimum absolute atomic E-state index is 0.0583. The first-order valence-electron chi connectivity index (χ1n) is 11.5. The van der Waals surface area contributed by atoms with Crippen LogP contribution in [-0.2, 0) is 17.6 Å². The van der Waals surface area contributed by atoms with Crippen molar-refractivity contribution in [1.29, 1.82) is 0 Å². The summed E-state index contributed by atoms with van der Waals surface area (Å²) in [5.74, 6) is -0.0809. The van der Waals surface area contributed by atoms with Crippen LogP contribution in [0.5, 0.6) is 5.75 Å². The first kappa shape index (κ1) is 23.3. The lowest BCUT2D eigenvalue weighted by molar-refractivity contribution is -0.118. The van der Waals surface area contributed by atoms with Gasteiger partial charge in [-0.05, 0) is 73.2 Å². The van der Waals surface area contributed by atoms with E-state index in [1.165, 1.54) is 29.3 Å². The van der Waals surface area contributed by atoms with Crippen molar-refractivity contribution in [2.24, 2.45) is 5.10 Å². The van der Waals surface area contributed by atoms with Crippen LogP contribution >= 0.6 is 23.1 Å². The quantitative estimate of drug-likeness (QED) is 0.131. The van der Waals surface area contributed by atoms with Gasteiger partial charge >= 0.3 is 0 Å². The number of phenols is 1. The molecule has 1 amide bonds. The van der Waals surface area contributed by atoms with Gasteiger partial charge in [0, 0.05) is 4.88 Å². The van der Waals surface area contributed by atoms with Crippen LogP contribution in [0.1, 0.15) is 35.3 Å². The first-order chi connectivity index (χ1) is 17.1. The van der Waals surface area contributed by atoms with Crippen molar-refractivity contribution in [2.45, 2.75) is 37.3 Å². The summed E-state index contributed by atoms with van der Waals surface area (Å²) in [6, 6.07) is 15.9. The zero-order valence-corrected chi connectivity index (χ0v) is 20.6. The van der Waals surface area contributed by atoms with Crippen molar-refractivity contribution in [1.82, 2.24) is 15.0 Å². The van der Waals surface area contributed by atoms with Gasteiger partial charge in [-0.2, -0.15) is 5.10 Å². The highest BCUT2D eigenvalue weighted by atomic mass is 32.2. The second kappa shape index (κ2) is 10.5. The van der Waals surface area contributed by atoms with E-state index in [4.69, 9.17) is 4.98 Å². The van der Waals surface area contributed by atoms with E-state index in [-0.39, 0.29) is 23.0 Å². The fraction of sp³-hybridized carbons (Fsp3) is 0.231. The van der Waals surface area contributed by atoms with Crippen LogP contribution in [0.3, 0.4) is 0 Å². The zero-order valence-electron chi connectivity index (χ0n) is 18.9. The van der Waals surface area contributed by atoms with E-state index in [0.717, 1.165) is 52.7 Å². The van der Waals surface area contributed by atoms with Gasteiger partial charge in [-0.25, -0.2) is 10.4 Å². The molecule has 0 saturated heterocycles. The second-order valence-corrected chi connectivity index (χ2v) is 10.3. The Labute approximate surface area is 210 Å². The van der Waals surface area contributed by atoms with Gasteiger partial charge in [0.15, 0.2) is 5.16 Å². The Balaban J connectivity index is 1.42. The Morgan fingerprint density at radius 3 is 2.69 bits per heavy atom. The smallest absolute Gasteiger partial charge is 0.267 e. The molecular formula is C26H24N4O3S2. The number of phenolic OH excluding ortho intramolecular Hbond substituents is 1. The zero-order chi connectivity index (χ0) is 24.2. The predicted octanol–water partition coefficient (Wildman–Crippen LogP) is 4.66. The molecule has 4 aromatic rings. The minimum atomic E-state index is -0.305. The lowest BCUT2D eigenvalue weighted by Crippen LogP contribution is -2.24. The molecular weight excluding hydrogens is 480 g/mol. The number of aromatic nitrogens is 2. The fourth-order valence-electron chi connectivity index (χ4n) is 4.17. The molecule has 0 spiro atoms. The molecule has 2 aromatic carbocycles. The fourth-order valence-corrected chi connectivity index (χ4v) is 6.27. The molecule has 5 rings (SSSR count). The van der Waals surface area contributed by atoms with Gasteiger partial charge in [-0.1, -0.05) is 36.4 Å². The Morgan fingerprint density at radius 2 is 1.89 bits per heavy atom. The van der Waals surface area contributed by atoms with Gasteiger partial charge in [0.05, 0.1) is 23.0 Å². The van der Waals surface area contributed by atoms with E-state index < -0.39 is 0 Å². The SMILES string of the molecule is O=C(CSc1nc2sc3c(c2c(=O)n1-c1ccccc1)CCCCC3)N/N=C/c1ccc(O)cc1. The molecule has 0 atom stereocenters. The molecule has 2 aromatic heterocycles. The van der Waals surface area contributed by atoms with E-state index in [9.17, 15) is 14.7 Å². The number of hydrogen-bond donors (Lipinski definition) is 2. The van der Waals surface area contributed by atoms with Gasteiger partial charge < -0.3 is 5.11 Å². The van der Waals surface area contributed by atoms with Gasteiger partial charge in [0.1, 0.15) is 10.6 Å². The van der Waals surface area contributed by atoms with Crippen LogP contribution < -0.4 is 11.0 Å². The van der Waals surface area contributed by atoms with Gasteiger partial charge in [-0.3, -0.25) is 14.2 Å². The van der Waals surface area contributed by atoms with E-state index in [0.29, 0.717) is 5.16 Å². The van der Waals surface area contributed by atoms with Crippen molar-refractivity contribution in [3.05, 3.63) is 81.0 Å². The van der Waals surface area contributed by atoms with E-state index >= 15 is 0 Å². The lowest BCUT2D eigenvalue weighted by atomic mass is 10.1. The Morgan fingerprint density at radius 1 is 1.11 bits per heavy atom. The molecule has 0 unspecified atom stereocenters. The van der Waals surface area contributed by atoms with Crippen LogP contribution in [0.15, 0.2) is 69.6 Å². The number of hydrazone groups is 1. The third kappa shape index (κ3) is 5.16. The Hall–Kier alpha value is -3.43. The van der Waals surface area contributed by atoms with Gasteiger partial charge in [0.2, 0.25) is 0 Å². The van der Waals surface area contributed by atoms with E-state index in [1.807, 2.05) is 30.3 Å². The summed E-state index contributed by atoms with van der Waals surface area (Å²) in [6.45, 7) is 0. The number of rotatable bonds is 6. The monoisotopic (exact) mass is 504 g/mol. The molecule has 0 bridgehead atoms. The first-order valence-corrected chi connectivity index (χ1v) is 13.3. The number of thioether (sulfide) groups is 1. The maximum atomic E-state index is 13.8. The molecule has 35 heavy (non-hydrogen) atoms. The summed E-state index contributed by atoms with van der Waals surface area (Å²) in [5, 5.41) is 14.5. The summed E-state index contributed by atoms with van der Waals surface area (Å²) in [5.41, 5.74) is 5.07. The average molecular weight is 505 g/mol. The highest BCUT2D eigenvalue weighted by Gasteiger charge is 2.22. The predicted molar refractivity (Wildman–Crippen MR) is 141 cm³/mol. The third-order valence-corrected chi connectivity index (χ3v) is 7.98. The summed E-state index contributed by atoms with van der Waals surface area (Å²) < 4.78 is 1.62. The average Bonchev–Trinajstić information content (AvgIpc) is 3.05. The van der Waals surface area contributed by atoms with E-state index in [2.05, 4.69) is 10.5 Å². The number of carbonyl (C=O) groups excluding carboxylic acids is 1. The van der Waals surface area contributed by atoms with E-state index in [1.54, 1.807) is 40.2 Å². The Bertz CT molecular complexity index is 1440. The number of nitrogens with zero attached hydrogens (tertiary/aromatic N) is 3. The molecule has 9 heteroatoms. The normalized spacial score (nSPS) is 13.6. The number of para-hydroxylation sites is 1. The molecule has 2 N–H and O–H groups in total. The van der Waals surface area contributed by atoms with Crippen molar-refractivity contribution in [2.75, 3.05) is 5.75 Å². The summed E-state index contributed by atoms with van der Waals surface area (Å²) in [7, 11) is 0. The lowest BCUT2D eigenvalue weighted by Gasteiger charge is -2.12. The van der Waals surface area contributed by atoms with Crippen LogP contribution in [0.2, 0.25) is 0 Å². The topological polar surface area (TPSA) is 96.6 Å². The maximum absolute atomic E-state index is 13.8. The van der Waals surface area contributed by atoms with Crippen LogP contribution in [0, 0.1) is 0 Å². The van der Waals surface area contributed by atoms with Crippen molar-refractivity contribution in [3.63, 3.8) is 0 Å². The largest absolute Gasteiger partial charge is 0.508 e. The molecule has 0 radical (unpaired) electrons. The number of amides is 1. The molecule has 2 heterocycles. The number of carbonyl (C=O) groups is 1. The van der Waals surface area contributed by atoms with Crippen molar-refractivity contribution in [3.8, 4) is 11.4 Å². The number of benzene rings is 2. The van der Waals surface area contributed by atoms with Crippen LogP contribution in [0.4, 0.5) is 0 Å².